The topological polar surface area (TPSA) is 82.9 Å². The average molecular weight is 282 g/mol. The average Bonchev–Trinajstić information content (AvgIpc) is 2.45. The Balaban J connectivity index is 4.12. The minimum atomic E-state index is -0.798. The number of carbonyl (C=O) groups excluding carboxylic acids is 2. The SMILES string of the molecule is CCCC/C(C)=N\NC(=O)C(=O)N/N=C(/C)CCCC. The van der Waals surface area contributed by atoms with Crippen molar-refractivity contribution in [3.63, 3.8) is 0 Å². The quantitative estimate of drug-likeness (QED) is 0.407. The van der Waals surface area contributed by atoms with Gasteiger partial charge in [0.15, 0.2) is 0 Å². The molecule has 0 aliphatic rings. The summed E-state index contributed by atoms with van der Waals surface area (Å²) in [7, 11) is 0. The van der Waals surface area contributed by atoms with Gasteiger partial charge in [-0.2, -0.15) is 10.2 Å². The van der Waals surface area contributed by atoms with Crippen molar-refractivity contribution in [1.82, 2.24) is 10.9 Å². The molecule has 0 aromatic rings. The van der Waals surface area contributed by atoms with E-state index in [1.165, 1.54) is 0 Å². The number of hydrogen-bond donors (Lipinski definition) is 2. The zero-order chi connectivity index (χ0) is 15.4. The van der Waals surface area contributed by atoms with Crippen LogP contribution in [-0.2, 0) is 9.59 Å². The first-order valence-corrected chi connectivity index (χ1v) is 7.17. The Morgan fingerprint density at radius 2 is 1.15 bits per heavy atom. The van der Waals surface area contributed by atoms with Gasteiger partial charge in [-0.15, -0.1) is 0 Å². The van der Waals surface area contributed by atoms with Crippen LogP contribution >= 0.6 is 0 Å². The number of nitrogens with zero attached hydrogens (tertiary/aromatic N) is 2. The summed E-state index contributed by atoms with van der Waals surface area (Å²) in [5, 5.41) is 7.73. The first kappa shape index (κ1) is 18.3. The second kappa shape index (κ2) is 11.1. The maximum atomic E-state index is 11.4. The van der Waals surface area contributed by atoms with Crippen LogP contribution in [0.4, 0.5) is 0 Å². The van der Waals surface area contributed by atoms with Gasteiger partial charge in [-0.1, -0.05) is 26.7 Å². The van der Waals surface area contributed by atoms with Crippen molar-refractivity contribution in [3.8, 4) is 0 Å². The number of rotatable bonds is 8. The fourth-order valence-corrected chi connectivity index (χ4v) is 1.37. The van der Waals surface area contributed by atoms with E-state index in [0.29, 0.717) is 0 Å². The van der Waals surface area contributed by atoms with E-state index >= 15 is 0 Å². The molecule has 0 fully saturated rings. The van der Waals surface area contributed by atoms with E-state index in [9.17, 15) is 9.59 Å². The van der Waals surface area contributed by atoms with Crippen molar-refractivity contribution in [2.45, 2.75) is 66.2 Å². The summed E-state index contributed by atoms with van der Waals surface area (Å²) < 4.78 is 0. The third kappa shape index (κ3) is 9.24. The molecule has 0 saturated carbocycles. The number of hydrazone groups is 2. The molecule has 0 heterocycles. The van der Waals surface area contributed by atoms with Crippen LogP contribution in [0.3, 0.4) is 0 Å². The minimum Gasteiger partial charge on any atom is -0.262 e. The summed E-state index contributed by atoms with van der Waals surface area (Å²) >= 11 is 0. The molecule has 2 amide bonds. The molecule has 0 aliphatic carbocycles. The molecule has 0 spiro atoms. The highest BCUT2D eigenvalue weighted by atomic mass is 16.2. The molecule has 0 atom stereocenters. The van der Waals surface area contributed by atoms with E-state index < -0.39 is 11.8 Å². The predicted octanol–water partition coefficient (Wildman–Crippen LogP) is 2.35. The van der Waals surface area contributed by atoms with Gasteiger partial charge in [0.05, 0.1) is 0 Å². The van der Waals surface area contributed by atoms with Crippen molar-refractivity contribution in [2.75, 3.05) is 0 Å². The fourth-order valence-electron chi connectivity index (χ4n) is 1.37. The van der Waals surface area contributed by atoms with E-state index in [-0.39, 0.29) is 0 Å². The Kier molecular flexibility index (Phi) is 10.2. The Morgan fingerprint density at radius 1 is 0.800 bits per heavy atom. The molecule has 0 aromatic carbocycles. The molecule has 6 heteroatoms. The second-order valence-corrected chi connectivity index (χ2v) is 4.78. The maximum Gasteiger partial charge on any atom is 0.331 e. The van der Waals surface area contributed by atoms with Crippen molar-refractivity contribution >= 4 is 23.2 Å². The summed E-state index contributed by atoms with van der Waals surface area (Å²) in [6, 6.07) is 0. The van der Waals surface area contributed by atoms with Crippen LogP contribution in [0, 0.1) is 0 Å². The summed E-state index contributed by atoms with van der Waals surface area (Å²) in [4.78, 5) is 22.9. The second-order valence-electron chi connectivity index (χ2n) is 4.78. The molecule has 114 valence electrons. The summed E-state index contributed by atoms with van der Waals surface area (Å²) in [6.45, 7) is 7.80. The van der Waals surface area contributed by atoms with Crippen LogP contribution in [0.25, 0.3) is 0 Å². The minimum absolute atomic E-state index is 0.798. The standard InChI is InChI=1S/C14H26N4O2/c1-5-7-9-11(3)15-17-13(19)14(20)18-16-12(4)10-8-6-2/h5-10H2,1-4H3,(H,17,19)(H,18,20)/b15-11-,16-12-. The van der Waals surface area contributed by atoms with Gasteiger partial charge in [0.1, 0.15) is 0 Å². The molecular formula is C14H26N4O2. The maximum absolute atomic E-state index is 11.4. The number of hydrogen-bond acceptors (Lipinski definition) is 4. The van der Waals surface area contributed by atoms with Gasteiger partial charge in [-0.05, 0) is 39.5 Å². The Bertz CT molecular complexity index is 339. The zero-order valence-electron chi connectivity index (χ0n) is 13.0. The number of amides is 2. The van der Waals surface area contributed by atoms with E-state index in [1.807, 2.05) is 13.8 Å². The third-order valence-corrected chi connectivity index (χ3v) is 2.69. The molecule has 0 radical (unpaired) electrons. The van der Waals surface area contributed by atoms with Gasteiger partial charge in [0.25, 0.3) is 0 Å². The fraction of sp³-hybridized carbons (Fsp3) is 0.714. The Labute approximate surface area is 121 Å². The molecule has 0 saturated heterocycles. The summed E-state index contributed by atoms with van der Waals surface area (Å²) in [5.41, 5.74) is 6.05. The Morgan fingerprint density at radius 3 is 1.45 bits per heavy atom. The highest BCUT2D eigenvalue weighted by molar-refractivity contribution is 6.35. The van der Waals surface area contributed by atoms with Gasteiger partial charge in [0, 0.05) is 11.4 Å². The van der Waals surface area contributed by atoms with Crippen LogP contribution in [0.5, 0.6) is 0 Å². The monoisotopic (exact) mass is 282 g/mol. The molecule has 0 rings (SSSR count). The van der Waals surface area contributed by atoms with Crippen molar-refractivity contribution in [3.05, 3.63) is 0 Å². The zero-order valence-corrected chi connectivity index (χ0v) is 13.0. The molecule has 6 nitrogen and oxygen atoms in total. The summed E-state index contributed by atoms with van der Waals surface area (Å²) in [6.07, 6.45) is 5.77. The van der Waals surface area contributed by atoms with E-state index in [2.05, 4.69) is 34.9 Å². The van der Waals surface area contributed by atoms with Gasteiger partial charge in [0.2, 0.25) is 0 Å². The third-order valence-electron chi connectivity index (χ3n) is 2.69. The van der Waals surface area contributed by atoms with Gasteiger partial charge >= 0.3 is 11.8 Å². The lowest BCUT2D eigenvalue weighted by Crippen LogP contribution is -2.36. The number of nitrogens with one attached hydrogen (secondary N) is 2. The molecule has 0 aliphatic heterocycles. The lowest BCUT2D eigenvalue weighted by molar-refractivity contribution is -0.139. The molecule has 0 unspecified atom stereocenters. The lowest BCUT2D eigenvalue weighted by atomic mass is 10.2. The summed E-state index contributed by atoms with van der Waals surface area (Å²) in [5.74, 6) is -1.60. The molecule has 2 N–H and O–H groups in total. The van der Waals surface area contributed by atoms with Crippen molar-refractivity contribution in [1.29, 1.82) is 0 Å². The van der Waals surface area contributed by atoms with Crippen LogP contribution in [0.15, 0.2) is 10.2 Å². The van der Waals surface area contributed by atoms with Gasteiger partial charge in [-0.3, -0.25) is 9.59 Å². The largest absolute Gasteiger partial charge is 0.331 e. The van der Waals surface area contributed by atoms with Crippen LogP contribution in [0.2, 0.25) is 0 Å². The lowest BCUT2D eigenvalue weighted by Gasteiger charge is -2.02. The van der Waals surface area contributed by atoms with E-state index in [0.717, 1.165) is 49.9 Å². The van der Waals surface area contributed by atoms with E-state index in [4.69, 9.17) is 0 Å². The first-order chi connectivity index (χ1) is 9.51. The molecule has 0 aromatic heterocycles. The number of unbranched alkanes of at least 4 members (excludes halogenated alkanes) is 2. The van der Waals surface area contributed by atoms with Crippen LogP contribution in [-0.4, -0.2) is 23.2 Å². The van der Waals surface area contributed by atoms with Crippen molar-refractivity contribution in [2.24, 2.45) is 10.2 Å². The highest BCUT2D eigenvalue weighted by Crippen LogP contribution is 1.96. The van der Waals surface area contributed by atoms with E-state index in [1.54, 1.807) is 0 Å². The smallest absolute Gasteiger partial charge is 0.262 e. The van der Waals surface area contributed by atoms with Crippen molar-refractivity contribution < 1.29 is 9.59 Å². The molecular weight excluding hydrogens is 256 g/mol. The predicted molar refractivity (Wildman–Crippen MR) is 81.6 cm³/mol. The van der Waals surface area contributed by atoms with Crippen LogP contribution in [0.1, 0.15) is 66.2 Å². The van der Waals surface area contributed by atoms with Gasteiger partial charge < -0.3 is 0 Å². The molecule has 0 bridgehead atoms. The highest BCUT2D eigenvalue weighted by Gasteiger charge is 2.11. The normalized spacial score (nSPS) is 12.2. The van der Waals surface area contributed by atoms with Crippen LogP contribution < -0.4 is 10.9 Å². The Hall–Kier alpha value is -1.72. The number of carbonyl (C=O) groups is 2. The first-order valence-electron chi connectivity index (χ1n) is 7.17. The molecule has 20 heavy (non-hydrogen) atoms. The van der Waals surface area contributed by atoms with Gasteiger partial charge in [-0.25, -0.2) is 10.9 Å².